The molecule has 1 aromatic carbocycles. The summed E-state index contributed by atoms with van der Waals surface area (Å²) in [7, 11) is -0.703. The molecule has 10 nitrogen and oxygen atoms in total. The maximum atomic E-state index is 13.2. The van der Waals surface area contributed by atoms with E-state index in [4.69, 9.17) is 13.9 Å². The molecule has 3 aromatic heterocycles. The predicted molar refractivity (Wildman–Crippen MR) is 120 cm³/mol. The van der Waals surface area contributed by atoms with Crippen LogP contribution >= 0.6 is 0 Å². The summed E-state index contributed by atoms with van der Waals surface area (Å²) in [5.41, 5.74) is 0.513. The molecular formula is C22H22FN5O5S. The second-order valence-electron chi connectivity index (χ2n) is 7.43. The second-order valence-corrected chi connectivity index (χ2v) is 9.85. The van der Waals surface area contributed by atoms with Crippen molar-refractivity contribution in [3.63, 3.8) is 0 Å². The van der Waals surface area contributed by atoms with Crippen LogP contribution in [0.1, 0.15) is 18.6 Å². The van der Waals surface area contributed by atoms with Crippen LogP contribution in [-0.2, 0) is 22.0 Å². The molecule has 0 N–H and O–H groups in total. The first kappa shape index (κ1) is 23.4. The average molecular weight is 488 g/mol. The highest BCUT2D eigenvalue weighted by molar-refractivity contribution is 7.91. The lowest BCUT2D eigenvalue weighted by atomic mass is 10.2. The maximum Gasteiger partial charge on any atom is 0.204 e. The Bertz CT molecular complexity index is 1370. The third-order valence-electron chi connectivity index (χ3n) is 5.19. The number of ether oxygens (including phenoxy) is 2. The second kappa shape index (κ2) is 9.59. The lowest BCUT2D eigenvalue weighted by Gasteiger charge is -2.16. The molecule has 0 aliphatic rings. The van der Waals surface area contributed by atoms with Gasteiger partial charge in [0.1, 0.15) is 23.1 Å². The van der Waals surface area contributed by atoms with Crippen molar-refractivity contribution in [2.24, 2.45) is 0 Å². The van der Waals surface area contributed by atoms with Gasteiger partial charge in [-0.3, -0.25) is 4.57 Å². The van der Waals surface area contributed by atoms with Gasteiger partial charge >= 0.3 is 0 Å². The van der Waals surface area contributed by atoms with Crippen molar-refractivity contribution >= 4 is 9.84 Å². The van der Waals surface area contributed by atoms with Gasteiger partial charge in [0.15, 0.2) is 27.2 Å². The van der Waals surface area contributed by atoms with Crippen molar-refractivity contribution < 1.29 is 26.7 Å². The zero-order valence-electron chi connectivity index (χ0n) is 18.7. The van der Waals surface area contributed by atoms with Crippen LogP contribution in [0.15, 0.2) is 53.4 Å². The molecule has 4 aromatic rings. The summed E-state index contributed by atoms with van der Waals surface area (Å²) < 4.78 is 57.4. The number of sulfone groups is 1. The molecule has 0 spiro atoms. The molecule has 34 heavy (non-hydrogen) atoms. The Hall–Kier alpha value is -3.80. The lowest BCUT2D eigenvalue weighted by Crippen LogP contribution is -2.24. The number of methoxy groups -OCH3 is 2. The SMILES string of the molecule is COc1ccc(-n2c(CS(=O)(=O)[C@@H](C)Cc3ncc(F)cn3)nnc2-c2ccco2)c(OC)c1. The van der Waals surface area contributed by atoms with Gasteiger partial charge < -0.3 is 13.9 Å². The highest BCUT2D eigenvalue weighted by Gasteiger charge is 2.28. The molecule has 0 saturated heterocycles. The normalized spacial score (nSPS) is 12.5. The van der Waals surface area contributed by atoms with Gasteiger partial charge in [0.05, 0.1) is 43.8 Å². The van der Waals surface area contributed by atoms with Gasteiger partial charge in [0, 0.05) is 12.5 Å². The predicted octanol–water partition coefficient (Wildman–Crippen LogP) is 3.02. The molecule has 4 rings (SSSR count). The molecule has 0 amide bonds. The fourth-order valence-electron chi connectivity index (χ4n) is 3.35. The molecular weight excluding hydrogens is 465 g/mol. The molecule has 3 heterocycles. The number of furan rings is 1. The zero-order chi connectivity index (χ0) is 24.3. The van der Waals surface area contributed by atoms with E-state index in [1.165, 1.54) is 20.5 Å². The molecule has 0 unspecified atom stereocenters. The smallest absolute Gasteiger partial charge is 0.204 e. The summed E-state index contributed by atoms with van der Waals surface area (Å²) in [5.74, 6) is 1.10. The van der Waals surface area contributed by atoms with E-state index in [0.717, 1.165) is 12.4 Å². The summed E-state index contributed by atoms with van der Waals surface area (Å²) in [4.78, 5) is 7.71. The molecule has 0 fully saturated rings. The van der Waals surface area contributed by atoms with E-state index in [1.807, 2.05) is 0 Å². The zero-order valence-corrected chi connectivity index (χ0v) is 19.5. The summed E-state index contributed by atoms with van der Waals surface area (Å²) in [5, 5.41) is 7.50. The number of hydrogen-bond acceptors (Lipinski definition) is 9. The Morgan fingerprint density at radius 3 is 2.53 bits per heavy atom. The minimum absolute atomic E-state index is 0.0215. The van der Waals surface area contributed by atoms with Crippen molar-refractivity contribution in [2.75, 3.05) is 14.2 Å². The van der Waals surface area contributed by atoms with E-state index in [0.29, 0.717) is 28.8 Å². The van der Waals surface area contributed by atoms with Crippen molar-refractivity contribution in [1.29, 1.82) is 0 Å². The van der Waals surface area contributed by atoms with Crippen molar-refractivity contribution in [2.45, 2.75) is 24.3 Å². The van der Waals surface area contributed by atoms with Crippen LogP contribution in [0.2, 0.25) is 0 Å². The van der Waals surface area contributed by atoms with Gasteiger partial charge in [-0.25, -0.2) is 22.8 Å². The lowest BCUT2D eigenvalue weighted by molar-refractivity contribution is 0.393. The Morgan fingerprint density at radius 2 is 1.88 bits per heavy atom. The molecule has 0 aliphatic carbocycles. The van der Waals surface area contributed by atoms with E-state index >= 15 is 0 Å². The number of hydrogen-bond donors (Lipinski definition) is 0. The Morgan fingerprint density at radius 1 is 1.12 bits per heavy atom. The minimum atomic E-state index is -3.73. The van der Waals surface area contributed by atoms with Gasteiger partial charge in [-0.05, 0) is 31.2 Å². The van der Waals surface area contributed by atoms with Crippen LogP contribution in [0.5, 0.6) is 11.5 Å². The van der Waals surface area contributed by atoms with Crippen LogP contribution in [0, 0.1) is 5.82 Å². The van der Waals surface area contributed by atoms with Crippen LogP contribution in [0.4, 0.5) is 4.39 Å². The highest BCUT2D eigenvalue weighted by Crippen LogP contribution is 2.33. The van der Waals surface area contributed by atoms with E-state index in [9.17, 15) is 12.8 Å². The van der Waals surface area contributed by atoms with Gasteiger partial charge in [-0.15, -0.1) is 10.2 Å². The van der Waals surface area contributed by atoms with Gasteiger partial charge in [0.25, 0.3) is 0 Å². The highest BCUT2D eigenvalue weighted by atomic mass is 32.2. The summed E-state index contributed by atoms with van der Waals surface area (Å²) in [6.07, 6.45) is 3.52. The third-order valence-corrected chi connectivity index (χ3v) is 7.24. The summed E-state index contributed by atoms with van der Waals surface area (Å²) in [6.45, 7) is 1.55. The van der Waals surface area contributed by atoms with Crippen LogP contribution in [-0.4, -0.2) is 52.6 Å². The molecule has 12 heteroatoms. The van der Waals surface area contributed by atoms with E-state index < -0.39 is 26.7 Å². The Balaban J connectivity index is 1.73. The number of benzene rings is 1. The van der Waals surface area contributed by atoms with Crippen LogP contribution < -0.4 is 9.47 Å². The van der Waals surface area contributed by atoms with Crippen LogP contribution in [0.25, 0.3) is 17.3 Å². The number of nitrogens with zero attached hydrogens (tertiary/aromatic N) is 5. The third kappa shape index (κ3) is 4.76. The van der Waals surface area contributed by atoms with Crippen molar-refractivity contribution in [1.82, 2.24) is 24.7 Å². The summed E-state index contributed by atoms with van der Waals surface area (Å²) in [6, 6.07) is 8.51. The topological polar surface area (TPSA) is 122 Å². The molecule has 178 valence electrons. The Kier molecular flexibility index (Phi) is 6.59. The molecule has 0 aliphatic heterocycles. The van der Waals surface area contributed by atoms with Gasteiger partial charge in [-0.2, -0.15) is 0 Å². The first-order chi connectivity index (χ1) is 16.3. The molecule has 0 radical (unpaired) electrons. The quantitative estimate of drug-likeness (QED) is 0.350. The first-order valence-corrected chi connectivity index (χ1v) is 11.9. The fourth-order valence-corrected chi connectivity index (χ4v) is 4.58. The van der Waals surface area contributed by atoms with E-state index in [1.54, 1.807) is 41.8 Å². The number of halogens is 1. The average Bonchev–Trinajstić information content (AvgIpc) is 3.50. The van der Waals surface area contributed by atoms with Gasteiger partial charge in [-0.1, -0.05) is 0 Å². The number of aromatic nitrogens is 5. The number of rotatable bonds is 9. The van der Waals surface area contributed by atoms with Crippen molar-refractivity contribution in [3.05, 3.63) is 66.5 Å². The first-order valence-electron chi connectivity index (χ1n) is 10.2. The fraction of sp³-hybridized carbons (Fsp3) is 0.273. The van der Waals surface area contributed by atoms with Gasteiger partial charge in [0.2, 0.25) is 5.82 Å². The van der Waals surface area contributed by atoms with Crippen molar-refractivity contribution in [3.8, 4) is 28.8 Å². The molecule has 1 atom stereocenters. The molecule has 0 bridgehead atoms. The van der Waals surface area contributed by atoms with E-state index in [-0.39, 0.29) is 18.1 Å². The van der Waals surface area contributed by atoms with Crippen LogP contribution in [0.3, 0.4) is 0 Å². The summed E-state index contributed by atoms with van der Waals surface area (Å²) >= 11 is 0. The standard InChI is InChI=1S/C22H22FN5O5S/c1-14(9-20-24-11-15(23)12-25-20)34(29,30)13-21-26-27-22(18-5-4-8-33-18)28(21)17-7-6-16(31-2)10-19(17)32-3/h4-8,10-12,14H,9,13H2,1-3H3/t14-/m0/s1. The largest absolute Gasteiger partial charge is 0.497 e. The maximum absolute atomic E-state index is 13.2. The molecule has 0 saturated carbocycles. The minimum Gasteiger partial charge on any atom is -0.497 e. The Labute approximate surface area is 195 Å². The monoisotopic (exact) mass is 487 g/mol. The van der Waals surface area contributed by atoms with E-state index in [2.05, 4.69) is 20.2 Å².